The van der Waals surface area contributed by atoms with E-state index in [1.54, 1.807) is 28.7 Å². The average Bonchev–Trinajstić information content (AvgIpc) is 3.59. The molecule has 0 aromatic carbocycles. The maximum Gasteiger partial charge on any atom is 0.212 e. The van der Waals surface area contributed by atoms with E-state index in [2.05, 4.69) is 31.1 Å². The first-order valence-corrected chi connectivity index (χ1v) is 12.5. The van der Waals surface area contributed by atoms with Gasteiger partial charge in [0.25, 0.3) is 0 Å². The highest BCUT2D eigenvalue weighted by Crippen LogP contribution is 2.33. The zero-order chi connectivity index (χ0) is 26.9. The number of methoxy groups -OCH3 is 1. The van der Waals surface area contributed by atoms with Gasteiger partial charge in [-0.1, -0.05) is 6.07 Å². The average molecular weight is 524 g/mol. The summed E-state index contributed by atoms with van der Waals surface area (Å²) in [6, 6.07) is 9.48. The monoisotopic (exact) mass is 523 g/mol. The minimum absolute atomic E-state index is 0.331. The van der Waals surface area contributed by atoms with Crippen molar-refractivity contribution in [1.29, 1.82) is 5.26 Å². The summed E-state index contributed by atoms with van der Waals surface area (Å²) in [5.41, 5.74) is 5.13. The fraction of sp³-hybridized carbons (Fsp3) is 0.250. The highest BCUT2D eigenvalue weighted by Gasteiger charge is 2.22. The second kappa shape index (κ2) is 10.2. The predicted molar refractivity (Wildman–Crippen MR) is 144 cm³/mol. The van der Waals surface area contributed by atoms with Crippen LogP contribution in [0.5, 0.6) is 5.88 Å². The zero-order valence-corrected chi connectivity index (χ0v) is 21.6. The number of ether oxygens (including phenoxy) is 1. The van der Waals surface area contributed by atoms with Crippen LogP contribution < -0.4 is 9.64 Å². The van der Waals surface area contributed by atoms with Crippen LogP contribution in [0.15, 0.2) is 61.4 Å². The lowest BCUT2D eigenvalue weighted by atomic mass is 10.0. The molecule has 5 aromatic rings. The minimum Gasteiger partial charge on any atom is -0.481 e. The lowest BCUT2D eigenvalue weighted by Gasteiger charge is -2.35. The van der Waals surface area contributed by atoms with E-state index < -0.39 is 5.82 Å². The summed E-state index contributed by atoms with van der Waals surface area (Å²) in [6.45, 7) is 3.66. The third-order valence-corrected chi connectivity index (χ3v) is 6.99. The summed E-state index contributed by atoms with van der Waals surface area (Å²) in [5, 5.41) is 18.3. The van der Waals surface area contributed by atoms with Crippen LogP contribution in [0.1, 0.15) is 11.1 Å². The Kier molecular flexibility index (Phi) is 6.38. The summed E-state index contributed by atoms with van der Waals surface area (Å²) >= 11 is 0. The molecular formula is C28H26FN9O. The molecule has 39 heavy (non-hydrogen) atoms. The van der Waals surface area contributed by atoms with Gasteiger partial charge in [-0.25, -0.2) is 18.9 Å². The second-order valence-electron chi connectivity index (χ2n) is 9.51. The molecule has 11 heteroatoms. The third-order valence-electron chi connectivity index (χ3n) is 6.99. The van der Waals surface area contributed by atoms with Gasteiger partial charge >= 0.3 is 0 Å². The molecule has 0 spiro atoms. The van der Waals surface area contributed by atoms with E-state index in [9.17, 15) is 5.26 Å². The van der Waals surface area contributed by atoms with Gasteiger partial charge in [0.05, 0.1) is 30.6 Å². The number of rotatable bonds is 6. The lowest BCUT2D eigenvalue weighted by Crippen LogP contribution is -2.46. The number of hydrogen-bond donors (Lipinski definition) is 0. The number of anilines is 1. The van der Waals surface area contributed by atoms with Crippen LogP contribution in [0, 0.1) is 17.1 Å². The molecule has 5 aromatic heterocycles. The maximum absolute atomic E-state index is 15.5. The minimum atomic E-state index is -0.400. The van der Waals surface area contributed by atoms with Crippen molar-refractivity contribution in [2.75, 3.05) is 38.2 Å². The Hall–Kier alpha value is -4.82. The summed E-state index contributed by atoms with van der Waals surface area (Å²) in [7, 11) is 3.45. The van der Waals surface area contributed by atoms with Crippen molar-refractivity contribution in [1.82, 2.24) is 34.3 Å². The Balaban J connectivity index is 1.24. The Labute approximate surface area is 224 Å². The maximum atomic E-state index is 15.5. The van der Waals surface area contributed by atoms with E-state index in [-0.39, 0.29) is 0 Å². The van der Waals surface area contributed by atoms with Gasteiger partial charge in [-0.05, 0) is 17.7 Å². The molecular weight excluding hydrogens is 497 g/mol. The van der Waals surface area contributed by atoms with E-state index in [1.807, 2.05) is 48.7 Å². The van der Waals surface area contributed by atoms with E-state index in [4.69, 9.17) is 4.74 Å². The van der Waals surface area contributed by atoms with Crippen molar-refractivity contribution in [2.24, 2.45) is 7.05 Å². The molecule has 1 aliphatic heterocycles. The molecule has 0 N–H and O–H groups in total. The van der Waals surface area contributed by atoms with Crippen LogP contribution in [0.2, 0.25) is 0 Å². The van der Waals surface area contributed by atoms with Crippen molar-refractivity contribution in [3.05, 3.63) is 78.4 Å². The third kappa shape index (κ3) is 4.78. The van der Waals surface area contributed by atoms with Crippen LogP contribution in [0.3, 0.4) is 0 Å². The van der Waals surface area contributed by atoms with Gasteiger partial charge in [0.1, 0.15) is 6.07 Å². The number of hydrogen-bond acceptors (Lipinski definition) is 8. The molecule has 6 heterocycles. The molecule has 1 fully saturated rings. The number of nitriles is 1. The zero-order valence-electron chi connectivity index (χ0n) is 21.6. The van der Waals surface area contributed by atoms with Crippen molar-refractivity contribution in [3.63, 3.8) is 0 Å². The molecule has 10 nitrogen and oxygen atoms in total. The van der Waals surface area contributed by atoms with Crippen molar-refractivity contribution >= 4 is 11.3 Å². The topological polar surface area (TPSA) is 100 Å². The first-order valence-electron chi connectivity index (χ1n) is 12.5. The van der Waals surface area contributed by atoms with Gasteiger partial charge in [-0.3, -0.25) is 9.58 Å². The number of pyridine rings is 3. The normalized spacial score (nSPS) is 14.1. The van der Waals surface area contributed by atoms with Crippen LogP contribution in [-0.4, -0.2) is 67.6 Å². The first kappa shape index (κ1) is 24.5. The molecule has 1 aliphatic rings. The molecule has 0 atom stereocenters. The van der Waals surface area contributed by atoms with Crippen molar-refractivity contribution < 1.29 is 9.13 Å². The molecule has 6 rings (SSSR count). The summed E-state index contributed by atoms with van der Waals surface area (Å²) in [6.07, 6.45) is 10.5. The Bertz CT molecular complexity index is 1680. The number of piperazine rings is 1. The van der Waals surface area contributed by atoms with Crippen molar-refractivity contribution in [3.8, 4) is 34.2 Å². The van der Waals surface area contributed by atoms with Crippen molar-refractivity contribution in [2.45, 2.75) is 6.54 Å². The molecule has 196 valence electrons. The van der Waals surface area contributed by atoms with E-state index in [0.717, 1.165) is 36.3 Å². The van der Waals surface area contributed by atoms with Crippen LogP contribution >= 0.6 is 0 Å². The lowest BCUT2D eigenvalue weighted by molar-refractivity contribution is 0.248. The number of nitrogens with zero attached hydrogens (tertiary/aromatic N) is 9. The number of fused-ring (bicyclic) bond motifs is 1. The van der Waals surface area contributed by atoms with E-state index in [0.29, 0.717) is 47.0 Å². The number of aryl methyl sites for hydroxylation is 1. The predicted octanol–water partition coefficient (Wildman–Crippen LogP) is 3.53. The Morgan fingerprint density at radius 2 is 1.79 bits per heavy atom. The van der Waals surface area contributed by atoms with Gasteiger partial charge in [0.2, 0.25) is 5.88 Å². The highest BCUT2D eigenvalue weighted by atomic mass is 19.1. The molecule has 0 bridgehead atoms. The largest absolute Gasteiger partial charge is 0.481 e. The molecule has 0 aliphatic carbocycles. The Morgan fingerprint density at radius 3 is 2.46 bits per heavy atom. The first-order chi connectivity index (χ1) is 19.0. The fourth-order valence-electron chi connectivity index (χ4n) is 4.96. The molecule has 1 saturated heterocycles. The fourth-order valence-corrected chi connectivity index (χ4v) is 4.96. The van der Waals surface area contributed by atoms with Gasteiger partial charge in [-0.15, -0.1) is 0 Å². The SMILES string of the molecule is COc1ccc(CN2CCN(c3ncc(-c4cc(-c5cnn(C)c5)cn5ncc(C#N)c45)cc3F)CC2)cn1. The highest BCUT2D eigenvalue weighted by molar-refractivity contribution is 5.87. The van der Waals surface area contributed by atoms with Crippen LogP contribution in [-0.2, 0) is 13.6 Å². The van der Waals surface area contributed by atoms with Gasteiger partial charge in [-0.2, -0.15) is 15.5 Å². The molecule has 0 radical (unpaired) electrons. The van der Waals surface area contributed by atoms with Gasteiger partial charge in [0, 0.05) is 92.9 Å². The van der Waals surface area contributed by atoms with Gasteiger partial charge < -0.3 is 9.64 Å². The summed E-state index contributed by atoms with van der Waals surface area (Å²) < 4.78 is 24.0. The molecule has 0 saturated carbocycles. The second-order valence-corrected chi connectivity index (χ2v) is 9.51. The summed E-state index contributed by atoms with van der Waals surface area (Å²) in [4.78, 5) is 13.1. The number of halogens is 1. The number of aromatic nitrogens is 6. The quantitative estimate of drug-likeness (QED) is 0.333. The molecule has 0 amide bonds. The smallest absolute Gasteiger partial charge is 0.212 e. The van der Waals surface area contributed by atoms with Crippen LogP contribution in [0.4, 0.5) is 10.2 Å². The van der Waals surface area contributed by atoms with E-state index in [1.165, 1.54) is 12.3 Å². The Morgan fingerprint density at radius 1 is 0.949 bits per heavy atom. The summed E-state index contributed by atoms with van der Waals surface area (Å²) in [5.74, 6) is 0.524. The van der Waals surface area contributed by atoms with Crippen LogP contribution in [0.25, 0.3) is 27.8 Å². The van der Waals surface area contributed by atoms with Gasteiger partial charge in [0.15, 0.2) is 11.6 Å². The standard InChI is InChI=1S/C28H26FN9O/c1-35-17-23(15-33-35)21-9-24(27-22(11-30)14-34-38(27)18-21)20-10-25(29)28(32-13-20)37-7-5-36(6-8-37)16-19-3-4-26(39-2)31-12-19/h3-4,9-10,12-15,17-18H,5-8,16H2,1-2H3. The van der Waals surface area contributed by atoms with E-state index >= 15 is 4.39 Å². The molecule has 0 unspecified atom stereocenters.